The highest BCUT2D eigenvalue weighted by Crippen LogP contribution is 2.26. The van der Waals surface area contributed by atoms with Crippen LogP contribution in [-0.4, -0.2) is 38.0 Å². The van der Waals surface area contributed by atoms with Crippen molar-refractivity contribution in [3.05, 3.63) is 59.7 Å². The van der Waals surface area contributed by atoms with Gasteiger partial charge in [0.25, 0.3) is 11.8 Å². The van der Waals surface area contributed by atoms with Gasteiger partial charge in [0.1, 0.15) is 0 Å². The molecule has 148 valence electrons. The number of hydrogen-bond donors (Lipinski definition) is 2. The lowest BCUT2D eigenvalue weighted by atomic mass is 10.0. The summed E-state index contributed by atoms with van der Waals surface area (Å²) in [7, 11) is 0. The van der Waals surface area contributed by atoms with E-state index in [2.05, 4.69) is 40.6 Å². The predicted octanol–water partition coefficient (Wildman–Crippen LogP) is 2.75. The molecule has 6 nitrogen and oxygen atoms in total. The second-order valence-electron chi connectivity index (χ2n) is 6.88. The lowest BCUT2D eigenvalue weighted by Gasteiger charge is -2.30. The van der Waals surface area contributed by atoms with E-state index in [0.717, 1.165) is 43.9 Å². The van der Waals surface area contributed by atoms with Crippen LogP contribution in [0.2, 0.25) is 0 Å². The zero-order valence-electron chi connectivity index (χ0n) is 16.6. The highest BCUT2D eigenvalue weighted by atomic mass is 16.2. The van der Waals surface area contributed by atoms with Crippen LogP contribution in [-0.2, 0) is 11.2 Å². The number of amides is 2. The van der Waals surface area contributed by atoms with Crippen LogP contribution in [0.1, 0.15) is 36.2 Å². The Labute approximate surface area is 166 Å². The molecule has 0 saturated carbocycles. The summed E-state index contributed by atoms with van der Waals surface area (Å²) >= 11 is 0. The molecule has 1 heterocycles. The topological polar surface area (TPSA) is 64.7 Å². The number of carbonyl (C=O) groups is 2. The molecule has 0 atom stereocenters. The molecule has 2 N–H and O–H groups in total. The first kappa shape index (κ1) is 19.7. The van der Waals surface area contributed by atoms with Gasteiger partial charge in [-0.1, -0.05) is 18.2 Å². The van der Waals surface area contributed by atoms with Crippen molar-refractivity contribution in [2.24, 2.45) is 0 Å². The Morgan fingerprint density at radius 2 is 1.71 bits per heavy atom. The molecule has 0 aromatic heterocycles. The number of hydrogen-bond acceptors (Lipinski definition) is 4. The van der Waals surface area contributed by atoms with Crippen molar-refractivity contribution in [2.75, 3.05) is 36.0 Å². The van der Waals surface area contributed by atoms with Gasteiger partial charge < -0.3 is 9.80 Å². The minimum Gasteiger partial charge on any atom is -0.372 e. The first-order valence-electron chi connectivity index (χ1n) is 9.89. The number of nitrogens with one attached hydrogen (secondary N) is 2. The van der Waals surface area contributed by atoms with Gasteiger partial charge in [-0.05, 0) is 62.6 Å². The third-order valence-electron chi connectivity index (χ3n) is 5.11. The highest BCUT2D eigenvalue weighted by Gasteiger charge is 2.19. The standard InChI is InChI=1S/C22H28N4O2/c1-3-25(4-2)19-13-11-18(12-14-19)22(28)24-23-21(27)16-26-15-7-9-17-8-5-6-10-20(17)26/h5-6,8,10-14H,3-4,7,9,15-16H2,1-2H3,(H,23,27)(H,24,28). The number of anilines is 2. The maximum atomic E-state index is 12.3. The van der Waals surface area contributed by atoms with E-state index in [-0.39, 0.29) is 18.4 Å². The molecule has 2 aromatic carbocycles. The van der Waals surface area contributed by atoms with Crippen LogP contribution in [0.15, 0.2) is 48.5 Å². The van der Waals surface area contributed by atoms with Gasteiger partial charge in [-0.15, -0.1) is 0 Å². The maximum Gasteiger partial charge on any atom is 0.269 e. The van der Waals surface area contributed by atoms with Gasteiger partial charge in [0.2, 0.25) is 0 Å². The quantitative estimate of drug-likeness (QED) is 0.757. The fourth-order valence-electron chi connectivity index (χ4n) is 3.60. The first-order chi connectivity index (χ1) is 13.6. The van der Waals surface area contributed by atoms with E-state index in [1.165, 1.54) is 5.56 Å². The Bertz CT molecular complexity index is 816. The van der Waals surface area contributed by atoms with Crippen LogP contribution < -0.4 is 20.7 Å². The summed E-state index contributed by atoms with van der Waals surface area (Å²) < 4.78 is 0. The Kier molecular flexibility index (Phi) is 6.53. The molecular weight excluding hydrogens is 352 g/mol. The number of nitrogens with zero attached hydrogens (tertiary/aromatic N) is 2. The fourth-order valence-corrected chi connectivity index (χ4v) is 3.60. The van der Waals surface area contributed by atoms with Crippen molar-refractivity contribution in [3.8, 4) is 0 Å². The minimum absolute atomic E-state index is 0.220. The molecule has 1 aliphatic rings. The summed E-state index contributed by atoms with van der Waals surface area (Å²) in [4.78, 5) is 28.9. The molecule has 1 aliphatic heterocycles. The van der Waals surface area contributed by atoms with E-state index in [1.807, 2.05) is 30.3 Å². The summed E-state index contributed by atoms with van der Waals surface area (Å²) in [6, 6.07) is 15.5. The molecule has 0 fully saturated rings. The lowest BCUT2D eigenvalue weighted by molar-refractivity contribution is -0.120. The number of carbonyl (C=O) groups excluding carboxylic acids is 2. The highest BCUT2D eigenvalue weighted by molar-refractivity contribution is 5.96. The van der Waals surface area contributed by atoms with Crippen molar-refractivity contribution >= 4 is 23.2 Å². The molecule has 0 unspecified atom stereocenters. The monoisotopic (exact) mass is 380 g/mol. The zero-order chi connectivity index (χ0) is 19.9. The number of fused-ring (bicyclic) bond motifs is 1. The average molecular weight is 380 g/mol. The Balaban J connectivity index is 1.53. The number of rotatable bonds is 6. The normalized spacial score (nSPS) is 12.9. The SMILES string of the molecule is CCN(CC)c1ccc(C(=O)NNC(=O)CN2CCCc3ccccc32)cc1. The van der Waals surface area contributed by atoms with Crippen LogP contribution in [0.3, 0.4) is 0 Å². The van der Waals surface area contributed by atoms with Crippen molar-refractivity contribution in [2.45, 2.75) is 26.7 Å². The van der Waals surface area contributed by atoms with Crippen molar-refractivity contribution in [1.82, 2.24) is 10.9 Å². The molecule has 0 radical (unpaired) electrons. The number of para-hydroxylation sites is 1. The summed E-state index contributed by atoms with van der Waals surface area (Å²) in [6.07, 6.45) is 2.06. The van der Waals surface area contributed by atoms with E-state index in [0.29, 0.717) is 5.56 Å². The van der Waals surface area contributed by atoms with Crippen molar-refractivity contribution in [1.29, 1.82) is 0 Å². The second-order valence-corrected chi connectivity index (χ2v) is 6.88. The molecule has 0 bridgehead atoms. The third kappa shape index (κ3) is 4.63. The van der Waals surface area contributed by atoms with Gasteiger partial charge >= 0.3 is 0 Å². The van der Waals surface area contributed by atoms with Crippen LogP contribution in [0.4, 0.5) is 11.4 Å². The molecule has 6 heteroatoms. The Morgan fingerprint density at radius 3 is 2.43 bits per heavy atom. The summed E-state index contributed by atoms with van der Waals surface area (Å²) in [6.45, 7) is 7.08. The molecule has 2 amide bonds. The molecule has 0 spiro atoms. The average Bonchev–Trinajstić information content (AvgIpc) is 2.74. The van der Waals surface area contributed by atoms with Gasteiger partial charge in [-0.25, -0.2) is 0 Å². The zero-order valence-corrected chi connectivity index (χ0v) is 16.6. The van der Waals surface area contributed by atoms with Crippen LogP contribution >= 0.6 is 0 Å². The maximum absolute atomic E-state index is 12.3. The number of aryl methyl sites for hydroxylation is 1. The predicted molar refractivity (Wildman–Crippen MR) is 113 cm³/mol. The molecule has 28 heavy (non-hydrogen) atoms. The Hall–Kier alpha value is -3.02. The van der Waals surface area contributed by atoms with E-state index in [4.69, 9.17) is 0 Å². The Morgan fingerprint density at radius 1 is 1.00 bits per heavy atom. The molecule has 2 aromatic rings. The van der Waals surface area contributed by atoms with Gasteiger partial charge in [-0.2, -0.15) is 0 Å². The van der Waals surface area contributed by atoms with Crippen LogP contribution in [0, 0.1) is 0 Å². The summed E-state index contributed by atoms with van der Waals surface area (Å²) in [5.41, 5.74) is 8.99. The first-order valence-corrected chi connectivity index (χ1v) is 9.89. The molecular formula is C22H28N4O2. The summed E-state index contributed by atoms with van der Waals surface area (Å²) in [5.74, 6) is -0.552. The smallest absolute Gasteiger partial charge is 0.269 e. The third-order valence-corrected chi connectivity index (χ3v) is 5.11. The van der Waals surface area contributed by atoms with Crippen molar-refractivity contribution < 1.29 is 9.59 Å². The van der Waals surface area contributed by atoms with E-state index in [9.17, 15) is 9.59 Å². The number of hydrazine groups is 1. The van der Waals surface area contributed by atoms with Crippen LogP contribution in [0.25, 0.3) is 0 Å². The van der Waals surface area contributed by atoms with Gasteiger partial charge in [-0.3, -0.25) is 20.4 Å². The minimum atomic E-state index is -0.321. The molecule has 0 aliphatic carbocycles. The molecule has 3 rings (SSSR count). The van der Waals surface area contributed by atoms with Crippen LogP contribution in [0.5, 0.6) is 0 Å². The second kappa shape index (κ2) is 9.26. The fraction of sp³-hybridized carbons (Fsp3) is 0.364. The van der Waals surface area contributed by atoms with Gasteiger partial charge in [0.05, 0.1) is 6.54 Å². The van der Waals surface area contributed by atoms with Gasteiger partial charge in [0.15, 0.2) is 0 Å². The van der Waals surface area contributed by atoms with E-state index in [1.54, 1.807) is 12.1 Å². The summed E-state index contributed by atoms with van der Waals surface area (Å²) in [5, 5.41) is 0. The van der Waals surface area contributed by atoms with Gasteiger partial charge in [0, 0.05) is 36.6 Å². The number of benzene rings is 2. The largest absolute Gasteiger partial charge is 0.372 e. The lowest BCUT2D eigenvalue weighted by Crippen LogP contribution is -2.47. The van der Waals surface area contributed by atoms with E-state index < -0.39 is 0 Å². The molecule has 0 saturated heterocycles. The van der Waals surface area contributed by atoms with E-state index >= 15 is 0 Å². The van der Waals surface area contributed by atoms with Crippen molar-refractivity contribution in [3.63, 3.8) is 0 Å².